The van der Waals surface area contributed by atoms with Crippen molar-refractivity contribution in [3.8, 4) is 29.1 Å². The Hall–Kier alpha value is -6.46. The maximum absolute atomic E-state index is 13.3. The zero-order valence-electron chi connectivity index (χ0n) is 26.8. The van der Waals surface area contributed by atoms with E-state index >= 15 is 0 Å². The molecule has 13 nitrogen and oxygen atoms in total. The highest BCUT2D eigenvalue weighted by Crippen LogP contribution is 2.33. The lowest BCUT2D eigenvalue weighted by Gasteiger charge is -2.28. The van der Waals surface area contributed by atoms with E-state index in [9.17, 15) is 23.3 Å². The van der Waals surface area contributed by atoms with Gasteiger partial charge in [0.15, 0.2) is 17.3 Å². The molecule has 1 unspecified atom stereocenters. The van der Waals surface area contributed by atoms with Crippen LogP contribution in [-0.2, 0) is 19.8 Å². The molecule has 0 saturated heterocycles. The Morgan fingerprint density at radius 3 is 2.52 bits per heavy atom. The molecule has 2 N–H and O–H groups in total. The molecular weight excluding hydrogens is 662 g/mol. The van der Waals surface area contributed by atoms with Crippen molar-refractivity contribution in [1.82, 2.24) is 10.6 Å². The van der Waals surface area contributed by atoms with Gasteiger partial charge in [-0.1, -0.05) is 30.4 Å². The van der Waals surface area contributed by atoms with E-state index in [1.807, 2.05) is 18.2 Å². The highest BCUT2D eigenvalue weighted by molar-refractivity contribution is 7.73. The van der Waals surface area contributed by atoms with Gasteiger partial charge in [-0.2, -0.15) is 18.7 Å². The van der Waals surface area contributed by atoms with Gasteiger partial charge in [0.05, 0.1) is 28.7 Å². The van der Waals surface area contributed by atoms with Crippen molar-refractivity contribution in [2.45, 2.75) is 32.7 Å². The molecule has 2 heterocycles. The molecule has 50 heavy (non-hydrogen) atoms. The number of amides is 1. The number of rotatable bonds is 9. The number of hydrogen-bond acceptors (Lipinski definition) is 12. The number of hydrogen-bond donors (Lipinski definition) is 2. The summed E-state index contributed by atoms with van der Waals surface area (Å²) in [7, 11) is -2.33. The summed E-state index contributed by atoms with van der Waals surface area (Å²) in [5, 5.41) is 15.4. The fraction of sp³-hybridized carbons (Fsp3) is 0.167. The van der Waals surface area contributed by atoms with Crippen LogP contribution >= 0.6 is 0 Å². The van der Waals surface area contributed by atoms with Gasteiger partial charge in [-0.05, 0) is 73.5 Å². The number of nitrogens with one attached hydrogen (secondary N) is 2. The van der Waals surface area contributed by atoms with Crippen LogP contribution in [-0.4, -0.2) is 49.7 Å². The Kier molecular flexibility index (Phi) is 9.87. The highest BCUT2D eigenvalue weighted by Gasteiger charge is 2.34. The molecule has 1 amide bonds. The zero-order chi connectivity index (χ0) is 35.2. The van der Waals surface area contributed by atoms with Crippen LogP contribution in [0.25, 0.3) is 0 Å². The summed E-state index contributed by atoms with van der Waals surface area (Å²) in [6.45, 7) is 3.68. The van der Waals surface area contributed by atoms with Crippen LogP contribution in [0.2, 0.25) is 0 Å². The molecule has 0 aromatic heterocycles. The van der Waals surface area contributed by atoms with Gasteiger partial charge in [-0.15, -0.1) is 0 Å². The molecule has 0 radical (unpaired) electrons. The van der Waals surface area contributed by atoms with E-state index in [4.69, 9.17) is 18.9 Å². The first-order chi connectivity index (χ1) is 24.2. The molecule has 0 saturated carbocycles. The molecule has 0 fully saturated rings. The fourth-order valence-corrected chi connectivity index (χ4v) is 5.51. The summed E-state index contributed by atoms with van der Waals surface area (Å²) in [6, 6.07) is 19.6. The number of esters is 1. The number of benzene rings is 3. The minimum atomic E-state index is -2.33. The Morgan fingerprint density at radius 1 is 0.980 bits per heavy atom. The highest BCUT2D eigenvalue weighted by atomic mass is 32.2. The van der Waals surface area contributed by atoms with Crippen LogP contribution in [0.15, 0.2) is 112 Å². The van der Waals surface area contributed by atoms with E-state index < -0.39 is 28.2 Å². The van der Waals surface area contributed by atoms with E-state index in [0.717, 1.165) is 5.57 Å². The summed E-state index contributed by atoms with van der Waals surface area (Å²) in [6.07, 6.45) is 5.26. The molecular formula is C36H29N5O8S. The lowest BCUT2D eigenvalue weighted by molar-refractivity contribution is -0.121. The van der Waals surface area contributed by atoms with Crippen molar-refractivity contribution in [1.29, 1.82) is 5.26 Å². The SMILES string of the molecule is CCOC(=O)c1cc(C)cc(OC2=C3NC(=O)C(CC4=CCC(=S(=O)=O)C=C4)N=C3NC(Oc3cc(C#N)ccc3Oc3ccccc3)=N2)c1. The molecule has 3 aliphatic rings. The van der Waals surface area contributed by atoms with Crippen LogP contribution in [0.4, 0.5) is 0 Å². The fourth-order valence-electron chi connectivity index (χ4n) is 5.11. The van der Waals surface area contributed by atoms with Crippen molar-refractivity contribution in [2.24, 2.45) is 9.98 Å². The van der Waals surface area contributed by atoms with Gasteiger partial charge in [0, 0.05) is 18.9 Å². The van der Waals surface area contributed by atoms with Crippen molar-refractivity contribution in [2.75, 3.05) is 6.61 Å². The van der Waals surface area contributed by atoms with E-state index in [0.29, 0.717) is 16.9 Å². The van der Waals surface area contributed by atoms with Gasteiger partial charge in [-0.25, -0.2) is 4.79 Å². The second-order valence-corrected chi connectivity index (χ2v) is 12.1. The van der Waals surface area contributed by atoms with Gasteiger partial charge in [0.25, 0.3) is 5.88 Å². The topological polar surface area (TPSA) is 178 Å². The quantitative estimate of drug-likeness (QED) is 0.237. The molecule has 252 valence electrons. The standard InChI is InChI=1S/C36H29N5O8S/c1-3-46-35(43)24-15-21(2)16-26(19-24)48-34-31-32(38-28(33(42)39-31)17-22-9-12-27(13-10-22)50(44)45)40-36(41-34)49-30-18-23(20-37)11-14-29(30)47-25-7-5-4-6-8-25/h4-12,14-16,18-19,28H,3,13,17H2,1-2H3,(H,39,42)(H,38,40,41). The number of carbonyl (C=O) groups is 2. The predicted octanol–water partition coefficient (Wildman–Crippen LogP) is 4.65. The second kappa shape index (κ2) is 14.8. The van der Waals surface area contributed by atoms with Crippen LogP contribution < -0.4 is 24.8 Å². The molecule has 0 bridgehead atoms. The zero-order valence-corrected chi connectivity index (χ0v) is 27.6. The third-order valence-corrected chi connectivity index (χ3v) is 8.16. The van der Waals surface area contributed by atoms with Crippen LogP contribution in [0.3, 0.4) is 0 Å². The average Bonchev–Trinajstić information content (AvgIpc) is 3.10. The minimum absolute atomic E-state index is 0.0966. The molecule has 3 aromatic carbocycles. The number of nitrogens with zero attached hydrogens (tertiary/aromatic N) is 3. The van der Waals surface area contributed by atoms with Crippen LogP contribution in [0.5, 0.6) is 23.0 Å². The first kappa shape index (κ1) is 33.4. The summed E-state index contributed by atoms with van der Waals surface area (Å²) < 4.78 is 46.2. The minimum Gasteiger partial charge on any atom is -0.462 e. The summed E-state index contributed by atoms with van der Waals surface area (Å²) in [5.41, 5.74) is 2.12. The third kappa shape index (κ3) is 7.80. The first-order valence-electron chi connectivity index (χ1n) is 15.4. The van der Waals surface area contributed by atoms with Gasteiger partial charge in [0.2, 0.25) is 16.2 Å². The van der Waals surface area contributed by atoms with Crippen molar-refractivity contribution >= 4 is 38.9 Å². The van der Waals surface area contributed by atoms with Gasteiger partial charge in [-0.3, -0.25) is 15.1 Å². The van der Waals surface area contributed by atoms with Gasteiger partial charge in [0.1, 0.15) is 23.2 Å². The average molecular weight is 692 g/mol. The van der Waals surface area contributed by atoms with Gasteiger partial charge < -0.3 is 24.3 Å². The molecule has 14 heteroatoms. The Balaban J connectivity index is 1.37. The number of aliphatic imine (C=N–C) groups is 2. The summed E-state index contributed by atoms with van der Waals surface area (Å²) in [5.74, 6) is 0.299. The van der Waals surface area contributed by atoms with E-state index in [1.54, 1.807) is 62.4 Å². The molecule has 2 aliphatic heterocycles. The maximum Gasteiger partial charge on any atom is 0.338 e. The molecule has 1 aliphatic carbocycles. The van der Waals surface area contributed by atoms with E-state index in [-0.39, 0.29) is 70.6 Å². The molecule has 0 spiro atoms. The van der Waals surface area contributed by atoms with E-state index in [2.05, 4.69) is 26.7 Å². The number of allylic oxidation sites excluding steroid dienone is 3. The molecule has 3 aromatic rings. The summed E-state index contributed by atoms with van der Waals surface area (Å²) in [4.78, 5) is 35.3. The van der Waals surface area contributed by atoms with Crippen LogP contribution in [0, 0.1) is 18.3 Å². The Morgan fingerprint density at radius 2 is 1.80 bits per heavy atom. The number of ether oxygens (including phenoxy) is 4. The van der Waals surface area contributed by atoms with Crippen molar-refractivity contribution in [3.05, 3.63) is 119 Å². The monoisotopic (exact) mass is 691 g/mol. The smallest absolute Gasteiger partial charge is 0.338 e. The number of para-hydroxylation sites is 1. The van der Waals surface area contributed by atoms with E-state index in [1.165, 1.54) is 18.2 Å². The molecule has 1 atom stereocenters. The third-order valence-electron chi connectivity index (χ3n) is 7.43. The Labute approximate surface area is 288 Å². The summed E-state index contributed by atoms with van der Waals surface area (Å²) >= 11 is 0. The number of nitriles is 1. The van der Waals surface area contributed by atoms with Crippen molar-refractivity contribution < 1.29 is 37.0 Å². The van der Waals surface area contributed by atoms with Crippen molar-refractivity contribution in [3.63, 3.8) is 0 Å². The maximum atomic E-state index is 13.3. The molecule has 6 rings (SSSR count). The number of carbonyl (C=O) groups excluding carboxylic acids is 2. The number of amidine groups is 2. The Bertz CT molecular complexity index is 2220. The van der Waals surface area contributed by atoms with Crippen LogP contribution in [0.1, 0.15) is 41.3 Å². The number of fused-ring (bicyclic) bond motifs is 1. The first-order valence-corrected chi connectivity index (χ1v) is 16.5. The lowest BCUT2D eigenvalue weighted by atomic mass is 9.99. The lowest BCUT2D eigenvalue weighted by Crippen LogP contribution is -2.51. The normalized spacial score (nSPS) is 16.4. The predicted molar refractivity (Wildman–Crippen MR) is 183 cm³/mol. The second-order valence-electron chi connectivity index (χ2n) is 11.1. The number of aryl methyl sites for hydroxylation is 1. The largest absolute Gasteiger partial charge is 0.462 e. The van der Waals surface area contributed by atoms with Gasteiger partial charge >= 0.3 is 12.0 Å².